The SMILES string of the molecule is OCCNCCC1CCCC2(C1)OCCO2. The van der Waals surface area contributed by atoms with Gasteiger partial charge in [0.25, 0.3) is 0 Å². The third kappa shape index (κ3) is 3.17. The third-order valence-corrected chi connectivity index (χ3v) is 3.60. The van der Waals surface area contributed by atoms with Gasteiger partial charge in [0.05, 0.1) is 19.8 Å². The van der Waals surface area contributed by atoms with Crippen LogP contribution in [0.25, 0.3) is 0 Å². The summed E-state index contributed by atoms with van der Waals surface area (Å²) in [5.41, 5.74) is 0. The van der Waals surface area contributed by atoms with Gasteiger partial charge in [-0.2, -0.15) is 0 Å². The molecule has 0 aromatic carbocycles. The van der Waals surface area contributed by atoms with Crippen molar-refractivity contribution in [2.24, 2.45) is 5.92 Å². The molecule has 1 atom stereocenters. The number of aliphatic hydroxyl groups excluding tert-OH is 1. The van der Waals surface area contributed by atoms with Gasteiger partial charge < -0.3 is 19.9 Å². The van der Waals surface area contributed by atoms with Crippen LogP contribution in [0.3, 0.4) is 0 Å². The van der Waals surface area contributed by atoms with Crippen molar-refractivity contribution < 1.29 is 14.6 Å². The van der Waals surface area contributed by atoms with Crippen LogP contribution < -0.4 is 5.32 Å². The van der Waals surface area contributed by atoms with Crippen molar-refractivity contribution in [1.29, 1.82) is 0 Å². The summed E-state index contributed by atoms with van der Waals surface area (Å²) in [6, 6.07) is 0. The summed E-state index contributed by atoms with van der Waals surface area (Å²) in [5, 5.41) is 11.9. The van der Waals surface area contributed by atoms with E-state index in [2.05, 4.69) is 5.32 Å². The van der Waals surface area contributed by atoms with E-state index in [-0.39, 0.29) is 12.4 Å². The molecule has 2 fully saturated rings. The van der Waals surface area contributed by atoms with Crippen LogP contribution in [-0.2, 0) is 9.47 Å². The third-order valence-electron chi connectivity index (χ3n) is 3.60. The average Bonchev–Trinajstić information content (AvgIpc) is 2.73. The Kier molecular flexibility index (Phi) is 4.58. The number of hydrogen-bond acceptors (Lipinski definition) is 4. The monoisotopic (exact) mass is 229 g/mol. The molecule has 0 aromatic rings. The first-order valence-electron chi connectivity index (χ1n) is 6.44. The van der Waals surface area contributed by atoms with Gasteiger partial charge in [-0.3, -0.25) is 0 Å². The predicted molar refractivity (Wildman–Crippen MR) is 61.2 cm³/mol. The number of rotatable bonds is 5. The van der Waals surface area contributed by atoms with E-state index in [9.17, 15) is 0 Å². The maximum atomic E-state index is 8.67. The lowest BCUT2D eigenvalue weighted by molar-refractivity contribution is -0.187. The molecule has 0 radical (unpaired) electrons. The molecule has 1 aliphatic carbocycles. The van der Waals surface area contributed by atoms with E-state index in [0.717, 1.165) is 39.0 Å². The van der Waals surface area contributed by atoms with Gasteiger partial charge in [-0.05, 0) is 25.3 Å². The van der Waals surface area contributed by atoms with Gasteiger partial charge in [-0.15, -0.1) is 0 Å². The molecule has 94 valence electrons. The van der Waals surface area contributed by atoms with Crippen LogP contribution in [-0.4, -0.2) is 43.8 Å². The Labute approximate surface area is 97.3 Å². The smallest absolute Gasteiger partial charge is 0.168 e. The molecule has 1 saturated carbocycles. The van der Waals surface area contributed by atoms with Gasteiger partial charge >= 0.3 is 0 Å². The first kappa shape index (κ1) is 12.3. The zero-order valence-corrected chi connectivity index (χ0v) is 9.91. The number of hydrogen-bond donors (Lipinski definition) is 2. The molecule has 1 heterocycles. The van der Waals surface area contributed by atoms with E-state index in [4.69, 9.17) is 14.6 Å². The first-order valence-corrected chi connectivity index (χ1v) is 6.44. The Hall–Kier alpha value is -0.160. The Morgan fingerprint density at radius 2 is 2.06 bits per heavy atom. The van der Waals surface area contributed by atoms with Crippen molar-refractivity contribution in [3.8, 4) is 0 Å². The highest BCUT2D eigenvalue weighted by Gasteiger charge is 2.40. The summed E-state index contributed by atoms with van der Waals surface area (Å²) in [7, 11) is 0. The normalized spacial score (nSPS) is 28.7. The Bertz CT molecular complexity index is 204. The zero-order valence-electron chi connectivity index (χ0n) is 9.91. The lowest BCUT2D eigenvalue weighted by Gasteiger charge is -2.36. The summed E-state index contributed by atoms with van der Waals surface area (Å²) in [6.07, 6.45) is 5.77. The fourth-order valence-electron chi connectivity index (χ4n) is 2.82. The second kappa shape index (κ2) is 5.96. The minimum Gasteiger partial charge on any atom is -0.395 e. The highest BCUT2D eigenvalue weighted by Crippen LogP contribution is 2.39. The number of ether oxygens (including phenoxy) is 2. The Morgan fingerprint density at radius 3 is 2.81 bits per heavy atom. The molecule has 1 saturated heterocycles. The molecular formula is C12H23NO3. The molecular weight excluding hydrogens is 206 g/mol. The molecule has 1 unspecified atom stereocenters. The second-order valence-corrected chi connectivity index (χ2v) is 4.83. The zero-order chi connectivity index (χ0) is 11.3. The van der Waals surface area contributed by atoms with E-state index >= 15 is 0 Å². The van der Waals surface area contributed by atoms with Crippen molar-refractivity contribution in [3.05, 3.63) is 0 Å². The van der Waals surface area contributed by atoms with Crippen molar-refractivity contribution >= 4 is 0 Å². The standard InChI is InChI=1S/C12H23NO3/c14-7-6-13-5-3-11-2-1-4-12(10-11)15-8-9-16-12/h11,13-14H,1-10H2. The van der Waals surface area contributed by atoms with Crippen LogP contribution >= 0.6 is 0 Å². The van der Waals surface area contributed by atoms with Gasteiger partial charge in [0, 0.05) is 19.4 Å². The largest absolute Gasteiger partial charge is 0.395 e. The minimum absolute atomic E-state index is 0.223. The van der Waals surface area contributed by atoms with Gasteiger partial charge in [-0.1, -0.05) is 6.42 Å². The van der Waals surface area contributed by atoms with E-state index in [1.807, 2.05) is 0 Å². The summed E-state index contributed by atoms with van der Waals surface area (Å²) in [6.45, 7) is 3.43. The van der Waals surface area contributed by atoms with Crippen LogP contribution in [0.4, 0.5) is 0 Å². The average molecular weight is 229 g/mol. The Balaban J connectivity index is 1.70. The van der Waals surface area contributed by atoms with Crippen molar-refractivity contribution in [3.63, 3.8) is 0 Å². The van der Waals surface area contributed by atoms with Crippen LogP contribution in [0, 0.1) is 5.92 Å². The van der Waals surface area contributed by atoms with Crippen LogP contribution in [0.15, 0.2) is 0 Å². The number of aliphatic hydroxyl groups is 1. The topological polar surface area (TPSA) is 50.7 Å². The van der Waals surface area contributed by atoms with Gasteiger partial charge in [0.15, 0.2) is 5.79 Å². The van der Waals surface area contributed by atoms with Crippen molar-refractivity contribution in [1.82, 2.24) is 5.32 Å². The fourth-order valence-corrected chi connectivity index (χ4v) is 2.82. The van der Waals surface area contributed by atoms with Crippen molar-refractivity contribution in [2.75, 3.05) is 32.9 Å². The molecule has 4 heteroatoms. The van der Waals surface area contributed by atoms with Gasteiger partial charge in [0.1, 0.15) is 0 Å². The van der Waals surface area contributed by atoms with E-state index < -0.39 is 0 Å². The molecule has 2 N–H and O–H groups in total. The van der Waals surface area contributed by atoms with Crippen LogP contribution in [0.1, 0.15) is 32.1 Å². The van der Waals surface area contributed by atoms with E-state index in [1.165, 1.54) is 12.8 Å². The summed E-state index contributed by atoms with van der Waals surface area (Å²) >= 11 is 0. The molecule has 2 aliphatic rings. The minimum atomic E-state index is -0.236. The summed E-state index contributed by atoms with van der Waals surface area (Å²) in [5.74, 6) is 0.470. The van der Waals surface area contributed by atoms with Crippen LogP contribution in [0.5, 0.6) is 0 Å². The van der Waals surface area contributed by atoms with Gasteiger partial charge in [0.2, 0.25) is 0 Å². The molecule has 16 heavy (non-hydrogen) atoms. The quantitative estimate of drug-likeness (QED) is 0.688. The molecule has 1 spiro atoms. The summed E-state index contributed by atoms with van der Waals surface area (Å²) in [4.78, 5) is 0. The van der Waals surface area contributed by atoms with E-state index in [1.54, 1.807) is 0 Å². The predicted octanol–water partition coefficient (Wildman–Crippen LogP) is 0.892. The lowest BCUT2D eigenvalue weighted by Crippen LogP contribution is -2.37. The molecule has 4 nitrogen and oxygen atoms in total. The molecule has 0 amide bonds. The second-order valence-electron chi connectivity index (χ2n) is 4.83. The maximum absolute atomic E-state index is 8.67. The molecule has 0 bridgehead atoms. The maximum Gasteiger partial charge on any atom is 0.168 e. The number of nitrogens with one attached hydrogen (secondary N) is 1. The Morgan fingerprint density at radius 1 is 1.25 bits per heavy atom. The van der Waals surface area contributed by atoms with Crippen LogP contribution in [0.2, 0.25) is 0 Å². The lowest BCUT2D eigenvalue weighted by atomic mass is 9.83. The van der Waals surface area contributed by atoms with Gasteiger partial charge in [-0.25, -0.2) is 0 Å². The summed E-state index contributed by atoms with van der Waals surface area (Å²) < 4.78 is 11.5. The van der Waals surface area contributed by atoms with Crippen molar-refractivity contribution in [2.45, 2.75) is 37.9 Å². The van der Waals surface area contributed by atoms with E-state index in [0.29, 0.717) is 12.5 Å². The molecule has 1 aliphatic heterocycles. The molecule has 2 rings (SSSR count). The first-order chi connectivity index (χ1) is 7.85. The highest BCUT2D eigenvalue weighted by molar-refractivity contribution is 4.83. The highest BCUT2D eigenvalue weighted by atomic mass is 16.7. The molecule has 0 aromatic heterocycles. The fraction of sp³-hybridized carbons (Fsp3) is 1.00.